The van der Waals surface area contributed by atoms with E-state index in [1.54, 1.807) is 0 Å². The number of hydrogen-bond acceptors (Lipinski definition) is 3. The van der Waals surface area contributed by atoms with E-state index in [0.717, 1.165) is 11.4 Å². The second kappa shape index (κ2) is 12.0. The number of fused-ring (bicyclic) bond motifs is 10. The maximum Gasteiger partial charge on any atom is 0.0547 e. The molecular formula is C51H35NS2. The van der Waals surface area contributed by atoms with Gasteiger partial charge in [-0.25, -0.2) is 0 Å². The summed E-state index contributed by atoms with van der Waals surface area (Å²) in [4.78, 5) is 2.51. The van der Waals surface area contributed by atoms with Gasteiger partial charge in [0.1, 0.15) is 0 Å². The normalized spacial score (nSPS) is 13.1. The highest BCUT2D eigenvalue weighted by molar-refractivity contribution is 7.28. The summed E-state index contributed by atoms with van der Waals surface area (Å²) in [6.07, 6.45) is 0. The van der Waals surface area contributed by atoms with Crippen molar-refractivity contribution in [2.24, 2.45) is 0 Å². The van der Waals surface area contributed by atoms with Crippen LogP contribution in [-0.4, -0.2) is 0 Å². The minimum absolute atomic E-state index is 0.119. The van der Waals surface area contributed by atoms with Crippen molar-refractivity contribution in [2.45, 2.75) is 19.3 Å². The average molecular weight is 726 g/mol. The monoisotopic (exact) mass is 725 g/mol. The van der Waals surface area contributed by atoms with Gasteiger partial charge in [-0.3, -0.25) is 0 Å². The fourth-order valence-electron chi connectivity index (χ4n) is 8.84. The van der Waals surface area contributed by atoms with Gasteiger partial charge >= 0.3 is 0 Å². The number of anilines is 3. The largest absolute Gasteiger partial charge is 0.310 e. The van der Waals surface area contributed by atoms with Crippen LogP contribution in [-0.2, 0) is 5.41 Å². The molecule has 11 rings (SSSR count). The quantitative estimate of drug-likeness (QED) is 0.171. The Kier molecular flexibility index (Phi) is 7.01. The van der Waals surface area contributed by atoms with Gasteiger partial charge in [-0.15, -0.1) is 22.7 Å². The molecule has 256 valence electrons. The summed E-state index contributed by atoms with van der Waals surface area (Å²) >= 11 is 3.80. The van der Waals surface area contributed by atoms with Crippen molar-refractivity contribution >= 4 is 80.1 Å². The number of nitrogens with zero attached hydrogens (tertiary/aromatic N) is 1. The highest BCUT2D eigenvalue weighted by Crippen LogP contribution is 2.53. The number of hydrogen-bond donors (Lipinski definition) is 0. The zero-order chi connectivity index (χ0) is 36.0. The Morgan fingerprint density at radius 2 is 0.981 bits per heavy atom. The fraction of sp³-hybridized carbons (Fsp3) is 0.0588. The first-order chi connectivity index (χ1) is 26.5. The van der Waals surface area contributed by atoms with Gasteiger partial charge in [-0.1, -0.05) is 135 Å². The Balaban J connectivity index is 1.21. The van der Waals surface area contributed by atoms with Crippen molar-refractivity contribution in [2.75, 3.05) is 4.90 Å². The first kappa shape index (κ1) is 31.5. The van der Waals surface area contributed by atoms with E-state index < -0.39 is 0 Å². The number of rotatable bonds is 5. The Morgan fingerprint density at radius 3 is 1.76 bits per heavy atom. The second-order valence-corrected chi connectivity index (χ2v) is 17.1. The molecular weight excluding hydrogens is 691 g/mol. The van der Waals surface area contributed by atoms with Crippen LogP contribution in [0.5, 0.6) is 0 Å². The minimum atomic E-state index is -0.119. The van der Waals surface area contributed by atoms with Crippen LogP contribution in [0.25, 0.3) is 73.7 Å². The summed E-state index contributed by atoms with van der Waals surface area (Å²) in [6, 6.07) is 65.3. The van der Waals surface area contributed by atoms with Crippen LogP contribution in [0.2, 0.25) is 0 Å². The van der Waals surface area contributed by atoms with Crippen LogP contribution in [0.15, 0.2) is 176 Å². The van der Waals surface area contributed by atoms with Crippen LogP contribution in [0.1, 0.15) is 25.0 Å². The molecule has 8 aromatic carbocycles. The SMILES string of the molecule is CC1(C)c2ccccc2-c2ccc(N(c3ccc(-c4ccccc4)cc3)c3cc4c(cc3-c3ccccc3)sc3ccc5sc6ccccc6c5c34)cc21. The van der Waals surface area contributed by atoms with E-state index in [-0.39, 0.29) is 5.41 Å². The van der Waals surface area contributed by atoms with Gasteiger partial charge in [0, 0.05) is 62.7 Å². The van der Waals surface area contributed by atoms with Gasteiger partial charge < -0.3 is 4.90 Å². The zero-order valence-corrected chi connectivity index (χ0v) is 31.6. The molecule has 0 radical (unpaired) electrons. The van der Waals surface area contributed by atoms with E-state index >= 15 is 0 Å². The van der Waals surface area contributed by atoms with Crippen LogP contribution in [0, 0.1) is 0 Å². The van der Waals surface area contributed by atoms with E-state index in [2.05, 4.69) is 195 Å². The Morgan fingerprint density at radius 1 is 0.389 bits per heavy atom. The molecule has 0 saturated carbocycles. The van der Waals surface area contributed by atoms with Gasteiger partial charge in [-0.05, 0) is 93.5 Å². The lowest BCUT2D eigenvalue weighted by Gasteiger charge is -2.30. The first-order valence-electron chi connectivity index (χ1n) is 18.6. The van der Waals surface area contributed by atoms with Gasteiger partial charge in [0.15, 0.2) is 0 Å². The van der Waals surface area contributed by atoms with Crippen LogP contribution >= 0.6 is 22.7 Å². The summed E-state index contributed by atoms with van der Waals surface area (Å²) < 4.78 is 5.31. The van der Waals surface area contributed by atoms with Crippen molar-refractivity contribution < 1.29 is 0 Å². The predicted octanol–water partition coefficient (Wildman–Crippen LogP) is 15.5. The third-order valence-corrected chi connectivity index (χ3v) is 13.7. The Labute approximate surface area is 323 Å². The first-order valence-corrected chi connectivity index (χ1v) is 20.2. The average Bonchev–Trinajstić information content (AvgIpc) is 3.86. The Hall–Kier alpha value is -6.00. The topological polar surface area (TPSA) is 3.24 Å². The van der Waals surface area contributed by atoms with Gasteiger partial charge in [0.2, 0.25) is 0 Å². The molecule has 0 N–H and O–H groups in total. The highest BCUT2D eigenvalue weighted by atomic mass is 32.1. The highest BCUT2D eigenvalue weighted by Gasteiger charge is 2.36. The molecule has 0 fully saturated rings. The van der Waals surface area contributed by atoms with Gasteiger partial charge in [0.25, 0.3) is 0 Å². The summed E-state index contributed by atoms with van der Waals surface area (Å²) in [5, 5.41) is 5.37. The summed E-state index contributed by atoms with van der Waals surface area (Å²) in [5.74, 6) is 0. The molecule has 0 saturated heterocycles. The minimum Gasteiger partial charge on any atom is -0.310 e. The van der Waals surface area contributed by atoms with E-state index in [9.17, 15) is 0 Å². The van der Waals surface area contributed by atoms with Crippen molar-refractivity contribution in [1.82, 2.24) is 0 Å². The smallest absolute Gasteiger partial charge is 0.0547 e. The maximum atomic E-state index is 2.51. The van der Waals surface area contributed by atoms with E-state index in [4.69, 9.17) is 0 Å². The number of benzene rings is 8. The van der Waals surface area contributed by atoms with Crippen LogP contribution in [0.4, 0.5) is 17.1 Å². The number of thiophene rings is 2. The molecule has 2 heterocycles. The third-order valence-electron chi connectivity index (χ3n) is 11.5. The lowest BCUT2D eigenvalue weighted by atomic mass is 9.82. The molecule has 10 aromatic rings. The van der Waals surface area contributed by atoms with Crippen molar-refractivity contribution in [1.29, 1.82) is 0 Å². The maximum absolute atomic E-state index is 2.51. The van der Waals surface area contributed by atoms with Crippen LogP contribution < -0.4 is 4.90 Å². The molecule has 1 aliphatic carbocycles. The van der Waals surface area contributed by atoms with Crippen molar-refractivity contribution in [3.05, 3.63) is 187 Å². The van der Waals surface area contributed by atoms with Gasteiger partial charge in [0.05, 0.1) is 5.69 Å². The molecule has 2 aromatic heterocycles. The molecule has 0 spiro atoms. The predicted molar refractivity (Wildman–Crippen MR) is 235 cm³/mol. The molecule has 0 amide bonds. The molecule has 0 bridgehead atoms. The van der Waals surface area contributed by atoms with Crippen LogP contribution in [0.3, 0.4) is 0 Å². The lowest BCUT2D eigenvalue weighted by Crippen LogP contribution is -2.17. The molecule has 54 heavy (non-hydrogen) atoms. The van der Waals surface area contributed by atoms with Crippen molar-refractivity contribution in [3.8, 4) is 33.4 Å². The Bertz CT molecular complexity index is 3060. The molecule has 0 atom stereocenters. The van der Waals surface area contributed by atoms with Gasteiger partial charge in [-0.2, -0.15) is 0 Å². The van der Waals surface area contributed by atoms with E-state index in [1.807, 2.05) is 22.7 Å². The molecule has 1 aliphatic rings. The summed E-state index contributed by atoms with van der Waals surface area (Å²) in [5.41, 5.74) is 13.6. The second-order valence-electron chi connectivity index (χ2n) is 14.9. The molecule has 1 nitrogen and oxygen atoms in total. The summed E-state index contributed by atoms with van der Waals surface area (Å²) in [7, 11) is 0. The van der Waals surface area contributed by atoms with E-state index in [1.165, 1.54) is 90.5 Å². The van der Waals surface area contributed by atoms with Crippen molar-refractivity contribution in [3.63, 3.8) is 0 Å². The standard InChI is InChI=1S/C51H35NS2/c1-51(2)42-19-11-9-17-37(42)38-26-25-36(29-43(38)51)52(35-23-21-33(22-24-35)32-13-5-3-6-14-32)44-30-41-48(31-40(44)34-15-7-4-8-16-34)54-47-28-27-46-49(50(41)47)39-18-10-12-20-45(39)53-46/h3-31H,1-2H3. The van der Waals surface area contributed by atoms with E-state index in [0.29, 0.717) is 0 Å². The third kappa shape index (κ3) is 4.75. The zero-order valence-electron chi connectivity index (χ0n) is 30.0. The molecule has 3 heteroatoms. The lowest BCUT2D eigenvalue weighted by molar-refractivity contribution is 0.660. The summed E-state index contributed by atoms with van der Waals surface area (Å²) in [6.45, 7) is 4.74. The molecule has 0 unspecified atom stereocenters. The fourth-order valence-corrected chi connectivity index (χ4v) is 11.1. The molecule has 0 aliphatic heterocycles.